The molecule has 138 valence electrons. The Morgan fingerprint density at radius 3 is 2.50 bits per heavy atom. The number of aromatic nitrogens is 1. The second-order valence-corrected chi connectivity index (χ2v) is 6.94. The van der Waals surface area contributed by atoms with Crippen LogP contribution < -0.4 is 5.32 Å². The van der Waals surface area contributed by atoms with Gasteiger partial charge in [-0.05, 0) is 31.0 Å². The number of urea groups is 1. The van der Waals surface area contributed by atoms with E-state index >= 15 is 0 Å². The maximum Gasteiger partial charge on any atom is 0.317 e. The maximum atomic E-state index is 12.5. The number of pyridine rings is 1. The van der Waals surface area contributed by atoms with Crippen LogP contribution in [0.1, 0.15) is 18.2 Å². The molecule has 0 aliphatic carbocycles. The molecule has 2 heterocycles. The smallest absolute Gasteiger partial charge is 0.317 e. The minimum Gasteiger partial charge on any atom is -0.335 e. The van der Waals surface area contributed by atoms with Gasteiger partial charge in [-0.3, -0.25) is 9.88 Å². The topological polar surface area (TPSA) is 48.5 Å². The van der Waals surface area contributed by atoms with Gasteiger partial charge in [-0.2, -0.15) is 0 Å². The first-order valence-corrected chi connectivity index (χ1v) is 9.42. The van der Waals surface area contributed by atoms with Gasteiger partial charge in [-0.1, -0.05) is 36.4 Å². The molecule has 1 N–H and O–H groups in total. The molecule has 1 atom stereocenters. The van der Waals surface area contributed by atoms with Crippen LogP contribution in [0.3, 0.4) is 0 Å². The Hall–Kier alpha value is -2.40. The van der Waals surface area contributed by atoms with Gasteiger partial charge in [0.15, 0.2) is 0 Å². The number of amides is 2. The third-order valence-electron chi connectivity index (χ3n) is 4.83. The minimum absolute atomic E-state index is 0.0381. The van der Waals surface area contributed by atoms with Crippen LogP contribution in [0, 0.1) is 0 Å². The second-order valence-electron chi connectivity index (χ2n) is 6.94. The molecule has 26 heavy (non-hydrogen) atoms. The molecule has 1 aromatic heterocycles. The van der Waals surface area contributed by atoms with Crippen molar-refractivity contribution in [2.24, 2.45) is 0 Å². The molecular formula is C21H28N4O. The lowest BCUT2D eigenvalue weighted by Gasteiger charge is -2.35. The van der Waals surface area contributed by atoms with Crippen LogP contribution in [0.4, 0.5) is 4.79 Å². The standard InChI is InChI=1S/C21H28N4O/c1-18(17-20-9-5-6-11-22-20)23-21(26)25-15-13-24(14-16-25)12-10-19-7-3-2-4-8-19/h2-9,11,18H,10,12-17H2,1H3,(H,23,26)/t18-/m0/s1. The van der Waals surface area contributed by atoms with Crippen molar-refractivity contribution in [2.75, 3.05) is 32.7 Å². The molecule has 0 unspecified atom stereocenters. The number of carbonyl (C=O) groups excluding carboxylic acids is 1. The molecule has 2 amide bonds. The zero-order valence-electron chi connectivity index (χ0n) is 15.5. The number of nitrogens with one attached hydrogen (secondary N) is 1. The van der Waals surface area contributed by atoms with Gasteiger partial charge in [-0.25, -0.2) is 4.79 Å². The fourth-order valence-electron chi connectivity index (χ4n) is 3.29. The number of nitrogens with zero attached hydrogens (tertiary/aromatic N) is 3. The molecule has 5 nitrogen and oxygen atoms in total. The number of hydrogen-bond donors (Lipinski definition) is 1. The molecule has 1 aliphatic rings. The van der Waals surface area contributed by atoms with E-state index in [1.807, 2.05) is 30.0 Å². The van der Waals surface area contributed by atoms with Crippen LogP contribution >= 0.6 is 0 Å². The van der Waals surface area contributed by atoms with Crippen molar-refractivity contribution in [3.8, 4) is 0 Å². The summed E-state index contributed by atoms with van der Waals surface area (Å²) in [5, 5.41) is 3.10. The van der Waals surface area contributed by atoms with Gasteiger partial charge in [0.1, 0.15) is 0 Å². The van der Waals surface area contributed by atoms with E-state index in [0.29, 0.717) is 0 Å². The van der Waals surface area contributed by atoms with Crippen LogP contribution in [0.2, 0.25) is 0 Å². The molecule has 0 spiro atoms. The molecule has 1 aliphatic heterocycles. The highest BCUT2D eigenvalue weighted by atomic mass is 16.2. The average molecular weight is 352 g/mol. The summed E-state index contributed by atoms with van der Waals surface area (Å²) >= 11 is 0. The van der Waals surface area contributed by atoms with E-state index in [1.54, 1.807) is 6.20 Å². The molecule has 1 saturated heterocycles. The lowest BCUT2D eigenvalue weighted by molar-refractivity contribution is 0.138. The molecule has 2 aromatic rings. The first-order chi connectivity index (χ1) is 12.7. The Bertz CT molecular complexity index is 669. The third-order valence-corrected chi connectivity index (χ3v) is 4.83. The number of benzene rings is 1. The summed E-state index contributed by atoms with van der Waals surface area (Å²) < 4.78 is 0. The van der Waals surface area contributed by atoms with E-state index in [4.69, 9.17) is 0 Å². The summed E-state index contributed by atoms with van der Waals surface area (Å²) in [6.45, 7) is 6.54. The average Bonchev–Trinajstić information content (AvgIpc) is 2.68. The third kappa shape index (κ3) is 5.56. The maximum absolute atomic E-state index is 12.5. The SMILES string of the molecule is C[C@@H](Cc1ccccn1)NC(=O)N1CCN(CCc2ccccc2)CC1. The van der Waals surface area contributed by atoms with Crippen LogP contribution in [0.25, 0.3) is 0 Å². The van der Waals surface area contributed by atoms with Crippen molar-refractivity contribution in [3.05, 3.63) is 66.0 Å². The predicted octanol–water partition coefficient (Wildman–Crippen LogP) is 2.58. The second kappa shape index (κ2) is 9.34. The first-order valence-electron chi connectivity index (χ1n) is 9.42. The molecule has 3 rings (SSSR count). The van der Waals surface area contributed by atoms with Gasteiger partial charge in [0.25, 0.3) is 0 Å². The minimum atomic E-state index is 0.0381. The van der Waals surface area contributed by atoms with E-state index in [2.05, 4.69) is 45.5 Å². The van der Waals surface area contributed by atoms with Gasteiger partial charge in [0, 0.05) is 57.1 Å². The summed E-state index contributed by atoms with van der Waals surface area (Å²) in [4.78, 5) is 21.1. The van der Waals surface area contributed by atoms with E-state index in [-0.39, 0.29) is 12.1 Å². The largest absolute Gasteiger partial charge is 0.335 e. The molecule has 0 radical (unpaired) electrons. The Morgan fingerprint density at radius 2 is 1.81 bits per heavy atom. The van der Waals surface area contributed by atoms with E-state index < -0.39 is 0 Å². The molecule has 1 fully saturated rings. The Labute approximate surface area is 156 Å². The Kier molecular flexibility index (Phi) is 6.61. The summed E-state index contributed by atoms with van der Waals surface area (Å²) in [7, 11) is 0. The van der Waals surface area contributed by atoms with E-state index in [9.17, 15) is 4.79 Å². The summed E-state index contributed by atoms with van der Waals surface area (Å²) in [6.07, 6.45) is 3.61. The van der Waals surface area contributed by atoms with Gasteiger partial charge in [0.05, 0.1) is 0 Å². The fraction of sp³-hybridized carbons (Fsp3) is 0.429. The lowest BCUT2D eigenvalue weighted by Crippen LogP contribution is -2.53. The zero-order valence-corrected chi connectivity index (χ0v) is 15.5. The van der Waals surface area contributed by atoms with Crippen LogP contribution in [-0.2, 0) is 12.8 Å². The predicted molar refractivity (Wildman–Crippen MR) is 104 cm³/mol. The summed E-state index contributed by atoms with van der Waals surface area (Å²) in [6, 6.07) is 16.6. The van der Waals surface area contributed by atoms with E-state index in [1.165, 1.54) is 5.56 Å². The van der Waals surface area contributed by atoms with Crippen molar-refractivity contribution < 1.29 is 4.79 Å². The quantitative estimate of drug-likeness (QED) is 0.869. The number of carbonyl (C=O) groups is 1. The first kappa shape index (κ1) is 18.4. The van der Waals surface area contributed by atoms with Crippen molar-refractivity contribution in [1.29, 1.82) is 0 Å². The van der Waals surface area contributed by atoms with Gasteiger partial charge in [0.2, 0.25) is 0 Å². The molecule has 5 heteroatoms. The number of piperazine rings is 1. The summed E-state index contributed by atoms with van der Waals surface area (Å²) in [5.41, 5.74) is 2.38. The van der Waals surface area contributed by atoms with Crippen molar-refractivity contribution in [1.82, 2.24) is 20.1 Å². The van der Waals surface area contributed by atoms with Crippen molar-refractivity contribution in [2.45, 2.75) is 25.8 Å². The summed E-state index contributed by atoms with van der Waals surface area (Å²) in [5.74, 6) is 0. The highest BCUT2D eigenvalue weighted by molar-refractivity contribution is 5.74. The molecule has 0 bridgehead atoms. The zero-order chi connectivity index (χ0) is 18.2. The molecule has 1 aromatic carbocycles. The van der Waals surface area contributed by atoms with Gasteiger partial charge in [-0.15, -0.1) is 0 Å². The lowest BCUT2D eigenvalue weighted by atomic mass is 10.1. The monoisotopic (exact) mass is 352 g/mol. The number of rotatable bonds is 6. The van der Waals surface area contributed by atoms with Crippen molar-refractivity contribution >= 4 is 6.03 Å². The normalized spacial score (nSPS) is 16.3. The fourth-order valence-corrected chi connectivity index (χ4v) is 3.29. The highest BCUT2D eigenvalue weighted by Crippen LogP contribution is 2.07. The van der Waals surface area contributed by atoms with Crippen LogP contribution in [0.15, 0.2) is 54.7 Å². The number of hydrogen-bond acceptors (Lipinski definition) is 3. The van der Waals surface area contributed by atoms with Crippen LogP contribution in [0.5, 0.6) is 0 Å². The highest BCUT2D eigenvalue weighted by Gasteiger charge is 2.21. The van der Waals surface area contributed by atoms with Crippen LogP contribution in [-0.4, -0.2) is 59.6 Å². The van der Waals surface area contributed by atoms with Gasteiger partial charge < -0.3 is 10.2 Å². The van der Waals surface area contributed by atoms with Crippen molar-refractivity contribution in [3.63, 3.8) is 0 Å². The Morgan fingerprint density at radius 1 is 1.08 bits per heavy atom. The van der Waals surface area contributed by atoms with E-state index in [0.717, 1.165) is 51.3 Å². The molecule has 0 saturated carbocycles. The van der Waals surface area contributed by atoms with Gasteiger partial charge >= 0.3 is 6.03 Å². The Balaban J connectivity index is 1.38. The molecular weight excluding hydrogens is 324 g/mol.